The number of aryl methyl sites for hydroxylation is 1. The molecule has 0 atom stereocenters. The maximum Gasteiger partial charge on any atom is 0.159 e. The maximum absolute atomic E-state index is 5.72. The van der Waals surface area contributed by atoms with Gasteiger partial charge in [0.05, 0.1) is 0 Å². The van der Waals surface area contributed by atoms with Crippen molar-refractivity contribution >= 4 is 0 Å². The third kappa shape index (κ3) is 2.73. The second-order valence-corrected chi connectivity index (χ2v) is 5.64. The molecule has 1 aliphatic carbocycles. The molecule has 0 unspecified atom stereocenters. The minimum atomic E-state index is 0.551. The van der Waals surface area contributed by atoms with E-state index in [4.69, 9.17) is 10.7 Å². The van der Waals surface area contributed by atoms with Crippen molar-refractivity contribution in [1.29, 1.82) is 0 Å². The molecule has 3 nitrogen and oxygen atoms in total. The summed E-state index contributed by atoms with van der Waals surface area (Å²) < 4.78 is 0. The van der Waals surface area contributed by atoms with E-state index in [1.54, 1.807) is 0 Å². The minimum Gasteiger partial charge on any atom is -0.326 e. The first kappa shape index (κ1) is 13.3. The lowest BCUT2D eigenvalue weighted by Gasteiger charge is -2.11. The highest BCUT2D eigenvalue weighted by Gasteiger charge is 2.19. The van der Waals surface area contributed by atoms with E-state index >= 15 is 0 Å². The summed E-state index contributed by atoms with van der Waals surface area (Å²) >= 11 is 0. The topological polar surface area (TPSA) is 51.8 Å². The average Bonchev–Trinajstić information content (AvgIpc) is 3.01. The van der Waals surface area contributed by atoms with E-state index in [0.717, 1.165) is 22.6 Å². The Hall–Kier alpha value is -1.74. The molecule has 104 valence electrons. The second kappa shape index (κ2) is 5.71. The highest BCUT2D eigenvalue weighted by Crippen LogP contribution is 2.34. The predicted molar refractivity (Wildman–Crippen MR) is 81.3 cm³/mol. The van der Waals surface area contributed by atoms with E-state index in [2.05, 4.69) is 30.1 Å². The van der Waals surface area contributed by atoms with Crippen molar-refractivity contribution in [2.75, 3.05) is 0 Å². The Labute approximate surface area is 120 Å². The standard InChI is InChI=1S/C17H21N3/c1-12-9-16(14-6-2-3-7-14)20-17(19-12)15-8-4-5-13(10-15)11-18/h4-5,8-10,14H,2-3,6-7,11,18H2,1H3. The molecule has 0 saturated heterocycles. The lowest BCUT2D eigenvalue weighted by molar-refractivity contribution is 0.693. The highest BCUT2D eigenvalue weighted by atomic mass is 14.9. The molecule has 0 amide bonds. The Balaban J connectivity index is 1.99. The Bertz CT molecular complexity index is 601. The van der Waals surface area contributed by atoms with Crippen LogP contribution in [-0.4, -0.2) is 9.97 Å². The first-order valence-electron chi connectivity index (χ1n) is 7.41. The van der Waals surface area contributed by atoms with Crippen LogP contribution in [-0.2, 0) is 6.54 Å². The van der Waals surface area contributed by atoms with Gasteiger partial charge in [-0.1, -0.05) is 31.0 Å². The van der Waals surface area contributed by atoms with Gasteiger partial charge in [-0.15, -0.1) is 0 Å². The zero-order valence-electron chi connectivity index (χ0n) is 12.0. The van der Waals surface area contributed by atoms with Gasteiger partial charge < -0.3 is 5.73 Å². The van der Waals surface area contributed by atoms with E-state index in [-0.39, 0.29) is 0 Å². The van der Waals surface area contributed by atoms with Crippen molar-refractivity contribution < 1.29 is 0 Å². The van der Waals surface area contributed by atoms with E-state index in [9.17, 15) is 0 Å². The van der Waals surface area contributed by atoms with Gasteiger partial charge in [0.15, 0.2) is 5.82 Å². The largest absolute Gasteiger partial charge is 0.326 e. The van der Waals surface area contributed by atoms with Gasteiger partial charge in [-0.05, 0) is 37.5 Å². The smallest absolute Gasteiger partial charge is 0.159 e. The number of nitrogens with zero attached hydrogens (tertiary/aromatic N) is 2. The van der Waals surface area contributed by atoms with Gasteiger partial charge in [0.25, 0.3) is 0 Å². The summed E-state index contributed by atoms with van der Waals surface area (Å²) in [5, 5.41) is 0. The van der Waals surface area contributed by atoms with Crippen LogP contribution >= 0.6 is 0 Å². The molecule has 2 N–H and O–H groups in total. The quantitative estimate of drug-likeness (QED) is 0.925. The van der Waals surface area contributed by atoms with E-state index in [0.29, 0.717) is 12.5 Å². The zero-order valence-corrected chi connectivity index (χ0v) is 12.0. The zero-order chi connectivity index (χ0) is 13.9. The van der Waals surface area contributed by atoms with Crippen LogP contribution in [0.4, 0.5) is 0 Å². The average molecular weight is 267 g/mol. The number of aromatic nitrogens is 2. The molecule has 2 aromatic rings. The van der Waals surface area contributed by atoms with Gasteiger partial charge >= 0.3 is 0 Å². The number of hydrogen-bond donors (Lipinski definition) is 1. The van der Waals surface area contributed by atoms with Crippen LogP contribution in [0.3, 0.4) is 0 Å². The van der Waals surface area contributed by atoms with Gasteiger partial charge in [-0.2, -0.15) is 0 Å². The highest BCUT2D eigenvalue weighted by molar-refractivity contribution is 5.56. The third-order valence-electron chi connectivity index (χ3n) is 4.07. The van der Waals surface area contributed by atoms with Gasteiger partial charge in [-0.25, -0.2) is 9.97 Å². The third-order valence-corrected chi connectivity index (χ3v) is 4.07. The normalized spacial score (nSPS) is 15.7. The molecular weight excluding hydrogens is 246 g/mol. The molecule has 1 aromatic carbocycles. The molecule has 1 saturated carbocycles. The number of rotatable bonds is 3. The molecular formula is C17H21N3. The molecule has 0 spiro atoms. The Kier molecular flexibility index (Phi) is 3.79. The Morgan fingerprint density at radius 2 is 1.95 bits per heavy atom. The van der Waals surface area contributed by atoms with Crippen molar-refractivity contribution in [2.45, 2.75) is 45.1 Å². The van der Waals surface area contributed by atoms with E-state index < -0.39 is 0 Å². The Morgan fingerprint density at radius 1 is 1.15 bits per heavy atom. The van der Waals surface area contributed by atoms with Crippen LogP contribution in [0.25, 0.3) is 11.4 Å². The Morgan fingerprint density at radius 3 is 2.70 bits per heavy atom. The van der Waals surface area contributed by atoms with Crippen molar-refractivity contribution in [3.63, 3.8) is 0 Å². The molecule has 1 heterocycles. The number of benzene rings is 1. The fourth-order valence-corrected chi connectivity index (χ4v) is 2.99. The maximum atomic E-state index is 5.72. The molecule has 1 aromatic heterocycles. The lowest BCUT2D eigenvalue weighted by Crippen LogP contribution is -2.02. The predicted octanol–water partition coefficient (Wildman–Crippen LogP) is 3.57. The second-order valence-electron chi connectivity index (χ2n) is 5.64. The number of hydrogen-bond acceptors (Lipinski definition) is 3. The van der Waals surface area contributed by atoms with Crippen molar-refractivity contribution in [3.05, 3.63) is 47.3 Å². The summed E-state index contributed by atoms with van der Waals surface area (Å²) in [5.41, 5.74) is 10.2. The molecule has 3 heteroatoms. The fraction of sp³-hybridized carbons (Fsp3) is 0.412. The van der Waals surface area contributed by atoms with Crippen LogP contribution in [0.1, 0.15) is 48.6 Å². The summed E-state index contributed by atoms with van der Waals surface area (Å²) in [5.74, 6) is 1.45. The molecule has 0 bridgehead atoms. The van der Waals surface area contributed by atoms with Crippen molar-refractivity contribution in [2.24, 2.45) is 5.73 Å². The molecule has 1 fully saturated rings. The van der Waals surface area contributed by atoms with Crippen molar-refractivity contribution in [1.82, 2.24) is 9.97 Å². The molecule has 0 radical (unpaired) electrons. The molecule has 20 heavy (non-hydrogen) atoms. The lowest BCUT2D eigenvalue weighted by atomic mass is 10.0. The van der Waals surface area contributed by atoms with Gasteiger partial charge in [-0.3, -0.25) is 0 Å². The van der Waals surface area contributed by atoms with Crippen LogP contribution in [0.15, 0.2) is 30.3 Å². The van der Waals surface area contributed by atoms with Gasteiger partial charge in [0, 0.05) is 29.4 Å². The summed E-state index contributed by atoms with van der Waals surface area (Å²) in [7, 11) is 0. The summed E-state index contributed by atoms with van der Waals surface area (Å²) in [6, 6.07) is 10.4. The van der Waals surface area contributed by atoms with Crippen LogP contribution < -0.4 is 5.73 Å². The number of nitrogens with two attached hydrogens (primary N) is 1. The van der Waals surface area contributed by atoms with Crippen LogP contribution in [0.5, 0.6) is 0 Å². The monoisotopic (exact) mass is 267 g/mol. The van der Waals surface area contributed by atoms with Gasteiger partial charge in [0.2, 0.25) is 0 Å². The molecule has 0 aliphatic heterocycles. The minimum absolute atomic E-state index is 0.551. The first-order valence-corrected chi connectivity index (χ1v) is 7.41. The summed E-state index contributed by atoms with van der Waals surface area (Å²) in [6.07, 6.45) is 5.18. The van der Waals surface area contributed by atoms with Crippen LogP contribution in [0, 0.1) is 6.92 Å². The van der Waals surface area contributed by atoms with Crippen molar-refractivity contribution in [3.8, 4) is 11.4 Å². The first-order chi connectivity index (χ1) is 9.76. The summed E-state index contributed by atoms with van der Waals surface area (Å²) in [6.45, 7) is 2.60. The van der Waals surface area contributed by atoms with Crippen LogP contribution in [0.2, 0.25) is 0 Å². The van der Waals surface area contributed by atoms with E-state index in [1.165, 1.54) is 31.4 Å². The molecule has 3 rings (SSSR count). The SMILES string of the molecule is Cc1cc(C2CCCC2)nc(-c2cccc(CN)c2)n1. The van der Waals surface area contributed by atoms with Gasteiger partial charge in [0.1, 0.15) is 0 Å². The molecule has 1 aliphatic rings. The summed E-state index contributed by atoms with van der Waals surface area (Å²) in [4.78, 5) is 9.41. The fourth-order valence-electron chi connectivity index (χ4n) is 2.99. The van der Waals surface area contributed by atoms with E-state index in [1.807, 2.05) is 12.1 Å².